The third-order valence-electron chi connectivity index (χ3n) is 5.10. The van der Waals surface area contributed by atoms with Gasteiger partial charge >= 0.3 is 0 Å². The van der Waals surface area contributed by atoms with Crippen molar-refractivity contribution in [1.82, 2.24) is 10.3 Å². The normalized spacial score (nSPS) is 25.3. The maximum Gasteiger partial charge on any atom is 0.0605 e. The van der Waals surface area contributed by atoms with Gasteiger partial charge in [-0.3, -0.25) is 4.98 Å². The maximum absolute atomic E-state index is 4.57. The molecule has 1 heterocycles. The number of aromatic nitrogens is 1. The molecular formula is C16H24N2. The number of fused-ring (bicyclic) bond motifs is 1. The maximum atomic E-state index is 4.57. The predicted octanol–water partition coefficient (Wildman–Crippen LogP) is 3.63. The molecule has 98 valence electrons. The largest absolute Gasteiger partial charge is 0.308 e. The van der Waals surface area contributed by atoms with Crippen molar-refractivity contribution >= 4 is 0 Å². The van der Waals surface area contributed by atoms with E-state index in [1.54, 1.807) is 0 Å². The summed E-state index contributed by atoms with van der Waals surface area (Å²) in [5, 5.41) is 3.81. The van der Waals surface area contributed by atoms with Gasteiger partial charge in [0.25, 0.3) is 0 Å². The summed E-state index contributed by atoms with van der Waals surface area (Å²) in [5.41, 5.74) is 3.34. The molecule has 0 radical (unpaired) electrons. The van der Waals surface area contributed by atoms with Gasteiger partial charge in [0.05, 0.1) is 11.7 Å². The molecule has 0 aliphatic heterocycles. The predicted molar refractivity (Wildman–Crippen MR) is 74.5 cm³/mol. The third kappa shape index (κ3) is 2.18. The van der Waals surface area contributed by atoms with Gasteiger partial charge in [-0.15, -0.1) is 0 Å². The van der Waals surface area contributed by atoms with Crippen LogP contribution in [-0.2, 0) is 6.42 Å². The molecule has 1 aromatic heterocycles. The molecule has 0 amide bonds. The Bertz CT molecular complexity index is 407. The van der Waals surface area contributed by atoms with Gasteiger partial charge in [0, 0.05) is 12.7 Å². The van der Waals surface area contributed by atoms with Crippen molar-refractivity contribution in [1.29, 1.82) is 0 Å². The van der Waals surface area contributed by atoms with Crippen molar-refractivity contribution < 1.29 is 0 Å². The van der Waals surface area contributed by atoms with Crippen LogP contribution in [0.4, 0.5) is 0 Å². The van der Waals surface area contributed by atoms with Gasteiger partial charge < -0.3 is 5.32 Å². The fraction of sp³-hybridized carbons (Fsp3) is 0.688. The van der Waals surface area contributed by atoms with Gasteiger partial charge in [0.2, 0.25) is 0 Å². The summed E-state index contributed by atoms with van der Waals surface area (Å²) < 4.78 is 0. The zero-order chi connectivity index (χ0) is 12.4. The van der Waals surface area contributed by atoms with Crippen LogP contribution in [0.5, 0.6) is 0 Å². The number of hydrogen-bond acceptors (Lipinski definition) is 2. The Kier molecular flexibility index (Phi) is 3.38. The van der Waals surface area contributed by atoms with E-state index in [9.17, 15) is 0 Å². The van der Waals surface area contributed by atoms with E-state index in [0.29, 0.717) is 11.5 Å². The molecule has 1 N–H and O–H groups in total. The van der Waals surface area contributed by atoms with E-state index in [-0.39, 0.29) is 0 Å². The van der Waals surface area contributed by atoms with E-state index in [0.717, 1.165) is 0 Å². The van der Waals surface area contributed by atoms with Crippen molar-refractivity contribution in [3.05, 3.63) is 29.6 Å². The van der Waals surface area contributed by atoms with Crippen LogP contribution < -0.4 is 5.32 Å². The quantitative estimate of drug-likeness (QED) is 0.875. The number of nitrogens with zero attached hydrogens (tertiary/aromatic N) is 1. The molecule has 1 fully saturated rings. The number of pyridine rings is 1. The van der Waals surface area contributed by atoms with Crippen LogP contribution in [0.3, 0.4) is 0 Å². The van der Waals surface area contributed by atoms with Crippen LogP contribution in [-0.4, -0.2) is 11.5 Å². The highest BCUT2D eigenvalue weighted by Crippen LogP contribution is 2.41. The first-order valence-electron chi connectivity index (χ1n) is 7.50. The lowest BCUT2D eigenvalue weighted by Crippen LogP contribution is -2.33. The highest BCUT2D eigenvalue weighted by molar-refractivity contribution is 5.27. The second-order valence-corrected chi connectivity index (χ2v) is 6.08. The summed E-state index contributed by atoms with van der Waals surface area (Å²) in [5.74, 6) is 0. The van der Waals surface area contributed by atoms with Gasteiger partial charge in [-0.25, -0.2) is 0 Å². The minimum atomic E-state index is 0.505. The molecule has 1 aromatic rings. The fourth-order valence-electron chi connectivity index (χ4n) is 3.73. The Morgan fingerprint density at radius 3 is 3.00 bits per heavy atom. The van der Waals surface area contributed by atoms with Crippen LogP contribution in [0.2, 0.25) is 0 Å². The molecule has 0 bridgehead atoms. The molecule has 1 unspecified atom stereocenters. The third-order valence-corrected chi connectivity index (χ3v) is 5.10. The Morgan fingerprint density at radius 1 is 1.39 bits per heavy atom. The van der Waals surface area contributed by atoms with E-state index in [2.05, 4.69) is 29.4 Å². The van der Waals surface area contributed by atoms with E-state index in [4.69, 9.17) is 0 Å². The molecule has 2 nitrogen and oxygen atoms in total. The highest BCUT2D eigenvalue weighted by atomic mass is 15.0. The van der Waals surface area contributed by atoms with Gasteiger partial charge in [0.1, 0.15) is 0 Å². The topological polar surface area (TPSA) is 24.9 Å². The van der Waals surface area contributed by atoms with Crippen molar-refractivity contribution in [2.24, 2.45) is 5.41 Å². The van der Waals surface area contributed by atoms with Crippen molar-refractivity contribution in [2.75, 3.05) is 6.54 Å². The van der Waals surface area contributed by atoms with Crippen LogP contribution in [0, 0.1) is 5.41 Å². The Morgan fingerprint density at radius 2 is 2.22 bits per heavy atom. The minimum Gasteiger partial charge on any atom is -0.308 e. The number of rotatable bonds is 4. The fourth-order valence-corrected chi connectivity index (χ4v) is 3.73. The summed E-state index contributed by atoms with van der Waals surface area (Å²) in [6.07, 6.45) is 11.4. The molecule has 2 aliphatic rings. The molecule has 0 aromatic carbocycles. The second-order valence-electron chi connectivity index (χ2n) is 6.08. The van der Waals surface area contributed by atoms with Crippen molar-refractivity contribution in [3.63, 3.8) is 0 Å². The summed E-state index contributed by atoms with van der Waals surface area (Å²) >= 11 is 0. The molecule has 2 heteroatoms. The number of hydrogen-bond donors (Lipinski definition) is 1. The average Bonchev–Trinajstić information content (AvgIpc) is 3.04. The van der Waals surface area contributed by atoms with E-state index in [1.165, 1.54) is 62.7 Å². The van der Waals surface area contributed by atoms with Crippen LogP contribution in [0.25, 0.3) is 0 Å². The first-order chi connectivity index (χ1) is 8.83. The average molecular weight is 244 g/mol. The van der Waals surface area contributed by atoms with Gasteiger partial charge in [-0.05, 0) is 49.1 Å². The number of nitrogens with one attached hydrogen (secondary N) is 1. The Balaban J connectivity index is 1.65. The monoisotopic (exact) mass is 244 g/mol. The zero-order valence-corrected chi connectivity index (χ0v) is 11.4. The van der Waals surface area contributed by atoms with E-state index >= 15 is 0 Å². The zero-order valence-electron chi connectivity index (χ0n) is 11.4. The highest BCUT2D eigenvalue weighted by Gasteiger charge is 2.33. The standard InChI is InChI=1S/C16H24N2/c1-2-16(9-3-4-10-16)12-18-14-8-7-13-6-5-11-17-15(13)14/h5-6,11,14,18H,2-4,7-10,12H2,1H3. The summed E-state index contributed by atoms with van der Waals surface area (Å²) in [6, 6.07) is 4.80. The van der Waals surface area contributed by atoms with Crippen molar-refractivity contribution in [2.45, 2.75) is 57.9 Å². The molecule has 18 heavy (non-hydrogen) atoms. The molecule has 2 aliphatic carbocycles. The van der Waals surface area contributed by atoms with Crippen LogP contribution in [0.1, 0.15) is 62.7 Å². The van der Waals surface area contributed by atoms with Gasteiger partial charge in [-0.1, -0.05) is 25.8 Å². The van der Waals surface area contributed by atoms with Crippen molar-refractivity contribution in [3.8, 4) is 0 Å². The van der Waals surface area contributed by atoms with Gasteiger partial charge in [-0.2, -0.15) is 0 Å². The lowest BCUT2D eigenvalue weighted by molar-refractivity contribution is 0.255. The summed E-state index contributed by atoms with van der Waals surface area (Å²) in [4.78, 5) is 4.57. The first-order valence-corrected chi connectivity index (χ1v) is 7.50. The Labute approximate surface area is 110 Å². The van der Waals surface area contributed by atoms with E-state index in [1.807, 2.05) is 6.20 Å². The second kappa shape index (κ2) is 5.00. The SMILES string of the molecule is CCC1(CNC2CCc3cccnc32)CCCC1. The summed E-state index contributed by atoms with van der Waals surface area (Å²) in [6.45, 7) is 3.54. The van der Waals surface area contributed by atoms with Gasteiger partial charge in [0.15, 0.2) is 0 Å². The smallest absolute Gasteiger partial charge is 0.0605 e. The lowest BCUT2D eigenvalue weighted by atomic mass is 9.83. The lowest BCUT2D eigenvalue weighted by Gasteiger charge is -2.29. The minimum absolute atomic E-state index is 0.505. The molecular weight excluding hydrogens is 220 g/mol. The molecule has 0 spiro atoms. The first kappa shape index (κ1) is 12.2. The molecule has 1 atom stereocenters. The molecule has 3 rings (SSSR count). The van der Waals surface area contributed by atoms with Crippen LogP contribution >= 0.6 is 0 Å². The number of aryl methyl sites for hydroxylation is 1. The van der Waals surface area contributed by atoms with Crippen LogP contribution in [0.15, 0.2) is 18.3 Å². The molecule has 0 saturated heterocycles. The van der Waals surface area contributed by atoms with E-state index < -0.39 is 0 Å². The Hall–Kier alpha value is -0.890. The molecule has 1 saturated carbocycles. The summed E-state index contributed by atoms with van der Waals surface area (Å²) in [7, 11) is 0.